The van der Waals surface area contributed by atoms with Gasteiger partial charge in [-0.05, 0) is 30.5 Å². The maximum atomic E-state index is 6.05. The van der Waals surface area contributed by atoms with Crippen LogP contribution in [0.5, 0.6) is 11.5 Å². The van der Waals surface area contributed by atoms with Crippen molar-refractivity contribution in [1.82, 2.24) is 30.0 Å². The molecule has 0 aliphatic carbocycles. The van der Waals surface area contributed by atoms with Gasteiger partial charge >= 0.3 is 0 Å². The predicted molar refractivity (Wildman–Crippen MR) is 100 cm³/mol. The van der Waals surface area contributed by atoms with Gasteiger partial charge in [0.1, 0.15) is 12.3 Å². The molecule has 1 atom stereocenters. The molecule has 0 fully saturated rings. The molecule has 1 aliphatic rings. The fraction of sp³-hybridized carbons (Fsp3) is 0.333. The molecule has 0 unspecified atom stereocenters. The Hall–Kier alpha value is -2.94. The van der Waals surface area contributed by atoms with E-state index < -0.39 is 0 Å². The molecule has 0 amide bonds. The van der Waals surface area contributed by atoms with Gasteiger partial charge in [-0.15, -0.1) is 10.2 Å². The van der Waals surface area contributed by atoms with Gasteiger partial charge in [-0.2, -0.15) is 14.7 Å². The monoisotopic (exact) mass is 382 g/mol. The van der Waals surface area contributed by atoms with Gasteiger partial charge in [-0.1, -0.05) is 37.3 Å². The molecule has 27 heavy (non-hydrogen) atoms. The van der Waals surface area contributed by atoms with E-state index in [-0.39, 0.29) is 6.10 Å². The number of aromatic nitrogens is 6. The van der Waals surface area contributed by atoms with E-state index in [9.17, 15) is 0 Å². The Balaban J connectivity index is 1.45. The topological polar surface area (TPSA) is 90.2 Å². The third kappa shape index (κ3) is 2.93. The van der Waals surface area contributed by atoms with Gasteiger partial charge < -0.3 is 9.47 Å². The van der Waals surface area contributed by atoms with Crippen LogP contribution in [0, 0.1) is 5.92 Å². The first-order chi connectivity index (χ1) is 13.2. The summed E-state index contributed by atoms with van der Waals surface area (Å²) in [6, 6.07) is 9.65. The van der Waals surface area contributed by atoms with Crippen molar-refractivity contribution in [3.8, 4) is 23.0 Å². The molecule has 0 spiro atoms. The number of para-hydroxylation sites is 2. The Labute approximate surface area is 159 Å². The Bertz CT molecular complexity index is 1100. The lowest BCUT2D eigenvalue weighted by atomic mass is 10.1. The van der Waals surface area contributed by atoms with Crippen LogP contribution in [0.3, 0.4) is 0 Å². The second kappa shape index (κ2) is 6.34. The van der Waals surface area contributed by atoms with Crippen LogP contribution in [0.2, 0.25) is 0 Å². The highest BCUT2D eigenvalue weighted by Gasteiger charge is 2.27. The van der Waals surface area contributed by atoms with Gasteiger partial charge in [0.05, 0.1) is 0 Å². The highest BCUT2D eigenvalue weighted by molar-refractivity contribution is 7.16. The Morgan fingerprint density at radius 1 is 1.26 bits per heavy atom. The van der Waals surface area contributed by atoms with Crippen molar-refractivity contribution in [2.24, 2.45) is 5.92 Å². The predicted octanol–water partition coefficient (Wildman–Crippen LogP) is 3.29. The number of fused-ring (bicyclic) bond motifs is 2. The zero-order valence-electron chi connectivity index (χ0n) is 14.9. The van der Waals surface area contributed by atoms with Gasteiger partial charge in [-0.3, -0.25) is 5.10 Å². The van der Waals surface area contributed by atoms with Crippen LogP contribution in [0.25, 0.3) is 16.5 Å². The number of H-pyrrole nitrogens is 1. The first kappa shape index (κ1) is 16.2. The standard InChI is InChI=1S/C18H18N6O2S/c1-10(2)7-11-8-12(20-19-11)16-21-22-18-24(16)23-17(27-18)15-9-25-13-5-3-4-6-14(13)26-15/h3-6,8,10,15H,7,9H2,1-2H3,(H,19,20)/t15-/m0/s1. The van der Waals surface area contributed by atoms with Gasteiger partial charge in [-0.25, -0.2) is 0 Å². The van der Waals surface area contributed by atoms with E-state index in [4.69, 9.17) is 9.47 Å². The molecule has 5 rings (SSSR count). The Morgan fingerprint density at radius 3 is 2.96 bits per heavy atom. The molecule has 0 bridgehead atoms. The van der Waals surface area contributed by atoms with E-state index in [0.29, 0.717) is 23.3 Å². The second-order valence-corrected chi connectivity index (χ2v) is 7.89. The summed E-state index contributed by atoms with van der Waals surface area (Å²) in [4.78, 5) is 0.705. The van der Waals surface area contributed by atoms with Crippen LogP contribution < -0.4 is 9.47 Å². The summed E-state index contributed by atoms with van der Waals surface area (Å²) in [6.45, 7) is 4.76. The van der Waals surface area contributed by atoms with Crippen molar-refractivity contribution in [2.75, 3.05) is 6.61 Å². The number of nitrogens with zero attached hydrogens (tertiary/aromatic N) is 5. The summed E-state index contributed by atoms with van der Waals surface area (Å²) in [5.41, 5.74) is 1.81. The van der Waals surface area contributed by atoms with Gasteiger partial charge in [0.2, 0.25) is 10.8 Å². The maximum Gasteiger partial charge on any atom is 0.235 e. The number of benzene rings is 1. The van der Waals surface area contributed by atoms with Crippen LogP contribution in [-0.4, -0.2) is 36.6 Å². The summed E-state index contributed by atoms with van der Waals surface area (Å²) >= 11 is 1.45. The molecule has 0 saturated heterocycles. The zero-order chi connectivity index (χ0) is 18.4. The van der Waals surface area contributed by atoms with Crippen LogP contribution in [0.15, 0.2) is 30.3 Å². The Kier molecular flexibility index (Phi) is 3.82. The third-order valence-corrected chi connectivity index (χ3v) is 5.27. The molecule has 1 aromatic carbocycles. The molecular weight excluding hydrogens is 364 g/mol. The second-order valence-electron chi connectivity index (χ2n) is 6.90. The summed E-state index contributed by atoms with van der Waals surface area (Å²) in [5, 5.41) is 21.4. The van der Waals surface area contributed by atoms with E-state index in [1.807, 2.05) is 30.3 Å². The average Bonchev–Trinajstić information content (AvgIpc) is 3.36. The molecular formula is C18H18N6O2S. The molecule has 1 N–H and O–H groups in total. The molecule has 0 radical (unpaired) electrons. The molecule has 138 valence electrons. The molecule has 4 aromatic rings. The van der Waals surface area contributed by atoms with Crippen LogP contribution >= 0.6 is 11.3 Å². The maximum absolute atomic E-state index is 6.05. The highest BCUT2D eigenvalue weighted by Crippen LogP contribution is 2.37. The van der Waals surface area contributed by atoms with E-state index in [1.165, 1.54) is 11.3 Å². The van der Waals surface area contributed by atoms with Crippen molar-refractivity contribution < 1.29 is 9.47 Å². The lowest BCUT2D eigenvalue weighted by molar-refractivity contribution is 0.0904. The summed E-state index contributed by atoms with van der Waals surface area (Å²) in [6.07, 6.45) is 0.666. The molecule has 8 nitrogen and oxygen atoms in total. The number of ether oxygens (including phenoxy) is 2. The van der Waals surface area contributed by atoms with Crippen molar-refractivity contribution in [2.45, 2.75) is 26.4 Å². The normalized spacial score (nSPS) is 16.3. The van der Waals surface area contributed by atoms with Crippen molar-refractivity contribution in [1.29, 1.82) is 0 Å². The van der Waals surface area contributed by atoms with Gasteiger partial charge in [0.15, 0.2) is 22.6 Å². The van der Waals surface area contributed by atoms with E-state index in [0.717, 1.165) is 34.3 Å². The van der Waals surface area contributed by atoms with Crippen LogP contribution in [0.1, 0.15) is 30.7 Å². The minimum atomic E-state index is -0.268. The molecule has 0 saturated carbocycles. The fourth-order valence-corrected chi connectivity index (χ4v) is 3.94. The van der Waals surface area contributed by atoms with Crippen LogP contribution in [-0.2, 0) is 6.42 Å². The third-order valence-electron chi connectivity index (χ3n) is 4.28. The highest BCUT2D eigenvalue weighted by atomic mass is 32.1. The molecule has 4 heterocycles. The van der Waals surface area contributed by atoms with Crippen molar-refractivity contribution in [3.05, 3.63) is 41.0 Å². The van der Waals surface area contributed by atoms with Crippen molar-refractivity contribution >= 4 is 16.3 Å². The Morgan fingerprint density at radius 2 is 2.11 bits per heavy atom. The largest absolute Gasteiger partial charge is 0.485 e. The lowest BCUT2D eigenvalue weighted by Gasteiger charge is -2.24. The number of hydrogen-bond acceptors (Lipinski definition) is 7. The van der Waals surface area contributed by atoms with E-state index >= 15 is 0 Å². The quantitative estimate of drug-likeness (QED) is 0.582. The molecule has 9 heteroatoms. The minimum Gasteiger partial charge on any atom is -0.485 e. The number of rotatable bonds is 4. The first-order valence-corrected chi connectivity index (χ1v) is 9.64. The molecule has 1 aliphatic heterocycles. The van der Waals surface area contributed by atoms with E-state index in [2.05, 4.69) is 39.3 Å². The van der Waals surface area contributed by atoms with Crippen molar-refractivity contribution in [3.63, 3.8) is 0 Å². The lowest BCUT2D eigenvalue weighted by Crippen LogP contribution is -2.21. The molecule has 3 aromatic heterocycles. The summed E-state index contributed by atoms with van der Waals surface area (Å²) < 4.78 is 13.6. The summed E-state index contributed by atoms with van der Waals surface area (Å²) in [7, 11) is 0. The number of nitrogens with one attached hydrogen (secondary N) is 1. The summed E-state index contributed by atoms with van der Waals surface area (Å²) in [5.74, 6) is 2.65. The smallest absolute Gasteiger partial charge is 0.235 e. The number of aromatic amines is 1. The minimum absolute atomic E-state index is 0.268. The van der Waals surface area contributed by atoms with E-state index in [1.54, 1.807) is 4.52 Å². The zero-order valence-corrected chi connectivity index (χ0v) is 15.7. The fourth-order valence-electron chi connectivity index (χ4n) is 3.08. The SMILES string of the molecule is CC(C)Cc1cc(-c2nnc3sc([C@@H]4COc5ccccc5O4)nn23)n[nH]1. The number of hydrogen-bond donors (Lipinski definition) is 1. The first-order valence-electron chi connectivity index (χ1n) is 8.82. The van der Waals surface area contributed by atoms with Crippen LogP contribution in [0.4, 0.5) is 0 Å². The van der Waals surface area contributed by atoms with Gasteiger partial charge in [0.25, 0.3) is 0 Å². The van der Waals surface area contributed by atoms with Gasteiger partial charge in [0, 0.05) is 5.69 Å². The average molecular weight is 382 g/mol.